The molecule has 6 heteroatoms. The van der Waals surface area contributed by atoms with Crippen molar-refractivity contribution < 1.29 is 4.39 Å². The lowest BCUT2D eigenvalue weighted by Gasteiger charge is -2.08. The molecule has 1 heterocycles. The van der Waals surface area contributed by atoms with Crippen molar-refractivity contribution in [2.75, 3.05) is 0 Å². The molecular weight excluding hydrogens is 450 g/mol. The van der Waals surface area contributed by atoms with Crippen molar-refractivity contribution in [2.24, 2.45) is 0 Å². The summed E-state index contributed by atoms with van der Waals surface area (Å²) in [5.74, 6) is -0.340. The van der Waals surface area contributed by atoms with Crippen LogP contribution in [0.15, 0.2) is 52.0 Å². The molecule has 0 unspecified atom stereocenters. The molecule has 106 valence electrons. The van der Waals surface area contributed by atoms with Crippen LogP contribution in [0, 0.1) is 9.39 Å². The SMILES string of the molecule is O=c1c2cc(I)ccc2ncn1Cc1cc(Br)ccc1F. The van der Waals surface area contributed by atoms with E-state index in [2.05, 4.69) is 43.5 Å². The molecule has 0 aliphatic rings. The molecule has 0 aliphatic carbocycles. The lowest BCUT2D eigenvalue weighted by molar-refractivity contribution is 0.595. The lowest BCUT2D eigenvalue weighted by atomic mass is 10.2. The summed E-state index contributed by atoms with van der Waals surface area (Å²) in [6.45, 7) is 0.151. The van der Waals surface area contributed by atoms with Gasteiger partial charge in [0.25, 0.3) is 5.56 Å². The molecule has 0 radical (unpaired) electrons. The molecule has 3 aromatic rings. The van der Waals surface area contributed by atoms with E-state index in [1.54, 1.807) is 18.2 Å². The maximum Gasteiger partial charge on any atom is 0.261 e. The van der Waals surface area contributed by atoms with Crippen molar-refractivity contribution in [1.82, 2.24) is 9.55 Å². The van der Waals surface area contributed by atoms with Gasteiger partial charge in [0.15, 0.2) is 0 Å². The van der Waals surface area contributed by atoms with Crippen LogP contribution >= 0.6 is 38.5 Å². The fraction of sp³-hybridized carbons (Fsp3) is 0.0667. The van der Waals surface area contributed by atoms with Crippen molar-refractivity contribution in [2.45, 2.75) is 6.54 Å². The molecule has 1 aromatic heterocycles. The molecule has 0 N–H and O–H groups in total. The van der Waals surface area contributed by atoms with E-state index in [4.69, 9.17) is 0 Å². The zero-order chi connectivity index (χ0) is 15.0. The number of aromatic nitrogens is 2. The highest BCUT2D eigenvalue weighted by Crippen LogP contribution is 2.17. The molecule has 0 spiro atoms. The first-order valence-electron chi connectivity index (χ1n) is 6.13. The Bertz CT molecular complexity index is 894. The monoisotopic (exact) mass is 458 g/mol. The molecule has 0 aliphatic heterocycles. The Balaban J connectivity index is 2.11. The van der Waals surface area contributed by atoms with Crippen LogP contribution in [0.3, 0.4) is 0 Å². The second kappa shape index (κ2) is 5.84. The number of benzene rings is 2. The maximum absolute atomic E-state index is 13.8. The summed E-state index contributed by atoms with van der Waals surface area (Å²) in [4.78, 5) is 16.7. The highest BCUT2D eigenvalue weighted by molar-refractivity contribution is 14.1. The zero-order valence-corrected chi connectivity index (χ0v) is 14.4. The number of rotatable bonds is 2. The van der Waals surface area contributed by atoms with E-state index in [9.17, 15) is 9.18 Å². The quantitative estimate of drug-likeness (QED) is 0.545. The normalized spacial score (nSPS) is 11.0. The van der Waals surface area contributed by atoms with Gasteiger partial charge in [-0.3, -0.25) is 9.36 Å². The van der Waals surface area contributed by atoms with Crippen LogP contribution in [0.4, 0.5) is 4.39 Å². The van der Waals surface area contributed by atoms with Crippen molar-refractivity contribution in [1.29, 1.82) is 0 Å². The topological polar surface area (TPSA) is 34.9 Å². The molecule has 3 rings (SSSR count). The summed E-state index contributed by atoms with van der Waals surface area (Å²) in [5.41, 5.74) is 0.919. The molecule has 0 saturated heterocycles. The number of halogens is 3. The number of hydrogen-bond donors (Lipinski definition) is 0. The van der Waals surface area contributed by atoms with E-state index in [-0.39, 0.29) is 17.9 Å². The molecule has 0 atom stereocenters. The van der Waals surface area contributed by atoms with Gasteiger partial charge in [-0.25, -0.2) is 9.37 Å². The minimum absolute atomic E-state index is 0.151. The Kier molecular flexibility index (Phi) is 4.08. The minimum atomic E-state index is -0.340. The average Bonchev–Trinajstić information content (AvgIpc) is 2.46. The maximum atomic E-state index is 13.8. The van der Waals surface area contributed by atoms with Gasteiger partial charge in [-0.15, -0.1) is 0 Å². The molecule has 0 fully saturated rings. The summed E-state index contributed by atoms with van der Waals surface area (Å²) >= 11 is 5.45. The first kappa shape index (κ1) is 14.6. The Morgan fingerprint density at radius 3 is 2.86 bits per heavy atom. The first-order valence-corrected chi connectivity index (χ1v) is 8.00. The van der Waals surface area contributed by atoms with E-state index >= 15 is 0 Å². The van der Waals surface area contributed by atoms with Gasteiger partial charge in [-0.1, -0.05) is 15.9 Å². The average molecular weight is 459 g/mol. The highest BCUT2D eigenvalue weighted by atomic mass is 127. The van der Waals surface area contributed by atoms with Crippen molar-refractivity contribution in [3.63, 3.8) is 0 Å². The Morgan fingerprint density at radius 1 is 1.24 bits per heavy atom. The summed E-state index contributed by atoms with van der Waals surface area (Å²) in [6, 6.07) is 10.2. The number of hydrogen-bond acceptors (Lipinski definition) is 2. The van der Waals surface area contributed by atoms with Crippen LogP contribution in [0.2, 0.25) is 0 Å². The molecule has 0 saturated carbocycles. The minimum Gasteiger partial charge on any atom is -0.294 e. The summed E-state index contributed by atoms with van der Waals surface area (Å²) < 4.78 is 17.0. The Morgan fingerprint density at radius 2 is 2.05 bits per heavy atom. The van der Waals surface area contributed by atoms with Gasteiger partial charge < -0.3 is 0 Å². The van der Waals surface area contributed by atoms with Gasteiger partial charge in [-0.2, -0.15) is 0 Å². The largest absolute Gasteiger partial charge is 0.294 e. The van der Waals surface area contributed by atoms with Crippen molar-refractivity contribution in [3.05, 3.63) is 72.5 Å². The second-order valence-electron chi connectivity index (χ2n) is 4.57. The van der Waals surface area contributed by atoms with Crippen LogP contribution in [0.5, 0.6) is 0 Å². The molecule has 3 nitrogen and oxygen atoms in total. The van der Waals surface area contributed by atoms with Gasteiger partial charge in [0, 0.05) is 13.6 Å². The lowest BCUT2D eigenvalue weighted by Crippen LogP contribution is -2.21. The summed E-state index contributed by atoms with van der Waals surface area (Å²) in [7, 11) is 0. The fourth-order valence-electron chi connectivity index (χ4n) is 2.09. The first-order chi connectivity index (χ1) is 10.0. The van der Waals surface area contributed by atoms with Crippen molar-refractivity contribution >= 4 is 49.4 Å². The summed E-state index contributed by atoms with van der Waals surface area (Å²) in [5, 5.41) is 0.541. The van der Waals surface area contributed by atoms with Crippen LogP contribution in [-0.2, 0) is 6.54 Å². The number of nitrogens with zero attached hydrogens (tertiary/aromatic N) is 2. The Labute approximate surface area is 142 Å². The van der Waals surface area contributed by atoms with Crippen LogP contribution in [0.25, 0.3) is 10.9 Å². The fourth-order valence-corrected chi connectivity index (χ4v) is 2.99. The Hall–Kier alpha value is -1.28. The van der Waals surface area contributed by atoms with E-state index in [1.165, 1.54) is 17.0 Å². The third-order valence-corrected chi connectivity index (χ3v) is 4.30. The smallest absolute Gasteiger partial charge is 0.261 e. The number of fused-ring (bicyclic) bond motifs is 1. The van der Waals surface area contributed by atoms with Crippen LogP contribution in [-0.4, -0.2) is 9.55 Å². The van der Waals surface area contributed by atoms with E-state index < -0.39 is 0 Å². The molecule has 2 aromatic carbocycles. The van der Waals surface area contributed by atoms with E-state index in [0.29, 0.717) is 16.5 Å². The molecule has 0 bridgehead atoms. The van der Waals surface area contributed by atoms with Gasteiger partial charge >= 0.3 is 0 Å². The summed E-state index contributed by atoms with van der Waals surface area (Å²) in [6.07, 6.45) is 1.46. The van der Waals surface area contributed by atoms with Crippen molar-refractivity contribution in [3.8, 4) is 0 Å². The van der Waals surface area contributed by atoms with E-state index in [0.717, 1.165) is 8.04 Å². The molecule has 0 amide bonds. The third kappa shape index (κ3) is 3.01. The predicted molar refractivity (Wildman–Crippen MR) is 91.9 cm³/mol. The van der Waals surface area contributed by atoms with E-state index in [1.807, 2.05) is 12.1 Å². The van der Waals surface area contributed by atoms with Gasteiger partial charge in [0.05, 0.1) is 23.8 Å². The van der Waals surface area contributed by atoms with Gasteiger partial charge in [-0.05, 0) is 59.0 Å². The predicted octanol–water partition coefficient (Wildman–Crippen LogP) is 3.95. The van der Waals surface area contributed by atoms with Crippen LogP contribution < -0.4 is 5.56 Å². The molecular formula is C15H9BrFIN2O. The standard InChI is InChI=1S/C15H9BrFIN2O/c16-10-1-3-13(17)9(5-10)7-20-8-19-14-4-2-11(18)6-12(14)15(20)21/h1-6,8H,7H2. The molecule has 21 heavy (non-hydrogen) atoms. The van der Waals surface area contributed by atoms with Gasteiger partial charge in [0.1, 0.15) is 5.82 Å². The van der Waals surface area contributed by atoms with Gasteiger partial charge in [0.2, 0.25) is 0 Å². The second-order valence-corrected chi connectivity index (χ2v) is 6.74. The third-order valence-electron chi connectivity index (χ3n) is 3.13. The van der Waals surface area contributed by atoms with Crippen LogP contribution in [0.1, 0.15) is 5.56 Å². The zero-order valence-electron chi connectivity index (χ0n) is 10.7. The highest BCUT2D eigenvalue weighted by Gasteiger charge is 2.08.